The molecule has 1 aliphatic heterocycles. The lowest BCUT2D eigenvalue weighted by atomic mass is 10.1. The number of piperidine rings is 1. The van der Waals surface area contributed by atoms with Crippen LogP contribution in [0.2, 0.25) is 0 Å². The number of nitrogens with zero attached hydrogens (tertiary/aromatic N) is 8. The third-order valence-corrected chi connectivity index (χ3v) is 5.84. The average Bonchev–Trinajstić information content (AvgIpc) is 3.33. The van der Waals surface area contributed by atoms with Crippen LogP contribution in [0.5, 0.6) is 0 Å². The van der Waals surface area contributed by atoms with E-state index in [1.165, 1.54) is 4.57 Å². The summed E-state index contributed by atoms with van der Waals surface area (Å²) in [5.41, 5.74) is 2.62. The monoisotopic (exact) mass is 416 g/mol. The Morgan fingerprint density at radius 3 is 3.00 bits per heavy atom. The highest BCUT2D eigenvalue weighted by Crippen LogP contribution is 2.26. The Bertz CT molecular complexity index is 1410. The van der Waals surface area contributed by atoms with Crippen LogP contribution in [0.1, 0.15) is 25.3 Å². The smallest absolute Gasteiger partial charge is 0.330 e. The van der Waals surface area contributed by atoms with Gasteiger partial charge in [0.05, 0.1) is 35.6 Å². The highest BCUT2D eigenvalue weighted by atomic mass is 16.2. The van der Waals surface area contributed by atoms with Crippen molar-refractivity contribution >= 4 is 22.6 Å². The number of hydrogen-bond acceptors (Lipinski definition) is 6. The standard InChI is InChI=1S/C21H20N8O2/c1-26-17-12-23-19(15-11-24-28-10-3-2-6-16(15)28)25-20(17)29(21(26)31)14-5-4-9-27(13-14)18(30)7-8-22/h2-3,6,10-12,14H,4-5,7,9,13H2,1H3/t14-/m0/s1. The third-order valence-electron chi connectivity index (χ3n) is 5.84. The van der Waals surface area contributed by atoms with E-state index in [-0.39, 0.29) is 24.1 Å². The minimum atomic E-state index is -0.209. The number of pyridine rings is 1. The van der Waals surface area contributed by atoms with Crippen LogP contribution in [0.15, 0.2) is 41.6 Å². The van der Waals surface area contributed by atoms with Gasteiger partial charge in [-0.15, -0.1) is 0 Å². The van der Waals surface area contributed by atoms with Gasteiger partial charge in [-0.25, -0.2) is 19.3 Å². The van der Waals surface area contributed by atoms with Crippen molar-refractivity contribution < 1.29 is 4.79 Å². The zero-order valence-corrected chi connectivity index (χ0v) is 17.0. The summed E-state index contributed by atoms with van der Waals surface area (Å²) in [4.78, 5) is 36.2. The molecule has 1 saturated heterocycles. The van der Waals surface area contributed by atoms with Crippen molar-refractivity contribution in [3.63, 3.8) is 0 Å². The molecule has 0 N–H and O–H groups in total. The molecule has 0 saturated carbocycles. The number of rotatable bonds is 3. The molecule has 10 heteroatoms. The van der Waals surface area contributed by atoms with E-state index in [2.05, 4.69) is 10.1 Å². The van der Waals surface area contributed by atoms with E-state index in [1.807, 2.05) is 30.5 Å². The predicted molar refractivity (Wildman–Crippen MR) is 112 cm³/mol. The van der Waals surface area contributed by atoms with Gasteiger partial charge in [0.25, 0.3) is 0 Å². The molecular formula is C21H20N8O2. The van der Waals surface area contributed by atoms with Crippen molar-refractivity contribution in [2.75, 3.05) is 13.1 Å². The minimum Gasteiger partial charge on any atom is -0.340 e. The summed E-state index contributed by atoms with van der Waals surface area (Å²) in [6.07, 6.45) is 6.58. The molecule has 0 bridgehead atoms. The maximum Gasteiger partial charge on any atom is 0.330 e. The summed E-state index contributed by atoms with van der Waals surface area (Å²) in [6.45, 7) is 0.981. The normalized spacial score (nSPS) is 16.6. The summed E-state index contributed by atoms with van der Waals surface area (Å²) in [5, 5.41) is 13.2. The van der Waals surface area contributed by atoms with Crippen LogP contribution in [0.4, 0.5) is 0 Å². The molecule has 0 spiro atoms. The molecule has 0 radical (unpaired) electrons. The van der Waals surface area contributed by atoms with Gasteiger partial charge in [-0.1, -0.05) is 6.07 Å². The zero-order chi connectivity index (χ0) is 21.5. The number of fused-ring (bicyclic) bond motifs is 2. The molecule has 0 aromatic carbocycles. The largest absolute Gasteiger partial charge is 0.340 e. The number of likely N-dealkylation sites (tertiary alicyclic amines) is 1. The minimum absolute atomic E-state index is 0.155. The van der Waals surface area contributed by atoms with Crippen molar-refractivity contribution in [1.82, 2.24) is 33.6 Å². The SMILES string of the molecule is Cn1c(=O)n([C@H]2CCCN(C(=O)CC#N)C2)c2nc(-c3cnn4ccccc34)ncc21. The number of amides is 1. The summed E-state index contributed by atoms with van der Waals surface area (Å²) >= 11 is 0. The number of carbonyl (C=O) groups excluding carboxylic acids is 1. The molecule has 4 aromatic heterocycles. The number of carbonyl (C=O) groups is 1. The van der Waals surface area contributed by atoms with Crippen LogP contribution in [-0.4, -0.2) is 52.6 Å². The van der Waals surface area contributed by atoms with Gasteiger partial charge in [0.2, 0.25) is 5.91 Å². The molecule has 0 unspecified atom stereocenters. The lowest BCUT2D eigenvalue weighted by molar-refractivity contribution is -0.131. The fourth-order valence-electron chi connectivity index (χ4n) is 4.27. The molecule has 10 nitrogen and oxygen atoms in total. The van der Waals surface area contributed by atoms with E-state index in [1.54, 1.807) is 33.4 Å². The Kier molecular flexibility index (Phi) is 4.51. The molecule has 1 atom stereocenters. The lowest BCUT2D eigenvalue weighted by Gasteiger charge is -2.32. The molecule has 156 valence electrons. The molecule has 1 fully saturated rings. The average molecular weight is 416 g/mol. The summed E-state index contributed by atoms with van der Waals surface area (Å²) in [7, 11) is 1.70. The van der Waals surface area contributed by atoms with Crippen LogP contribution in [0.3, 0.4) is 0 Å². The highest BCUT2D eigenvalue weighted by Gasteiger charge is 2.28. The molecule has 31 heavy (non-hydrogen) atoms. The van der Waals surface area contributed by atoms with Gasteiger partial charge in [0.1, 0.15) is 11.9 Å². The summed E-state index contributed by atoms with van der Waals surface area (Å²) in [6, 6.07) is 7.46. The molecule has 0 aliphatic carbocycles. The highest BCUT2D eigenvalue weighted by molar-refractivity contribution is 5.80. The number of nitriles is 1. The van der Waals surface area contributed by atoms with E-state index in [0.29, 0.717) is 30.1 Å². The second kappa shape index (κ2) is 7.36. The fraction of sp³-hybridized carbons (Fsp3) is 0.333. The van der Waals surface area contributed by atoms with Crippen LogP contribution >= 0.6 is 0 Å². The van der Waals surface area contributed by atoms with Crippen molar-refractivity contribution in [2.45, 2.75) is 25.3 Å². The van der Waals surface area contributed by atoms with E-state index in [0.717, 1.165) is 23.9 Å². The first kappa shape index (κ1) is 19.0. The molecule has 1 aliphatic rings. The van der Waals surface area contributed by atoms with Gasteiger partial charge >= 0.3 is 5.69 Å². The first-order valence-electron chi connectivity index (χ1n) is 10.1. The second-order valence-electron chi connectivity index (χ2n) is 7.67. The molecule has 4 aromatic rings. The van der Waals surface area contributed by atoms with Crippen molar-refractivity contribution in [3.8, 4) is 17.5 Å². The second-order valence-corrected chi connectivity index (χ2v) is 7.67. The van der Waals surface area contributed by atoms with E-state index in [4.69, 9.17) is 10.2 Å². The summed E-state index contributed by atoms with van der Waals surface area (Å²) < 4.78 is 4.95. The van der Waals surface area contributed by atoms with Crippen molar-refractivity contribution in [2.24, 2.45) is 7.05 Å². The van der Waals surface area contributed by atoms with Gasteiger partial charge in [0, 0.05) is 26.3 Å². The topological polar surface area (TPSA) is 114 Å². The summed E-state index contributed by atoms with van der Waals surface area (Å²) in [5.74, 6) is 0.281. The third kappa shape index (κ3) is 3.06. The van der Waals surface area contributed by atoms with Crippen LogP contribution < -0.4 is 5.69 Å². The quantitative estimate of drug-likeness (QED) is 0.500. The van der Waals surface area contributed by atoms with Gasteiger partial charge in [0.15, 0.2) is 11.5 Å². The predicted octanol–water partition coefficient (Wildman–Crippen LogP) is 1.52. The van der Waals surface area contributed by atoms with Crippen LogP contribution in [0, 0.1) is 11.3 Å². The maximum atomic E-state index is 13.1. The van der Waals surface area contributed by atoms with Crippen LogP contribution in [-0.2, 0) is 11.8 Å². The van der Waals surface area contributed by atoms with E-state index >= 15 is 0 Å². The Labute approximate surface area is 177 Å². The number of imidazole rings is 1. The van der Waals surface area contributed by atoms with Gasteiger partial charge < -0.3 is 4.90 Å². The van der Waals surface area contributed by atoms with Crippen LogP contribution in [0.25, 0.3) is 28.1 Å². The molecule has 5 rings (SSSR count). The molecule has 5 heterocycles. The number of hydrogen-bond donors (Lipinski definition) is 0. The van der Waals surface area contributed by atoms with Crippen molar-refractivity contribution in [3.05, 3.63) is 47.3 Å². The van der Waals surface area contributed by atoms with Crippen molar-refractivity contribution in [1.29, 1.82) is 5.26 Å². The van der Waals surface area contributed by atoms with E-state index < -0.39 is 0 Å². The Morgan fingerprint density at radius 2 is 2.16 bits per heavy atom. The molecular weight excluding hydrogens is 396 g/mol. The Hall–Kier alpha value is -4.00. The number of aryl methyl sites for hydroxylation is 1. The fourth-order valence-corrected chi connectivity index (χ4v) is 4.27. The van der Waals surface area contributed by atoms with Gasteiger partial charge in [-0.2, -0.15) is 10.4 Å². The first-order valence-corrected chi connectivity index (χ1v) is 10.1. The Balaban J connectivity index is 1.61. The number of aromatic nitrogens is 6. The Morgan fingerprint density at radius 1 is 1.29 bits per heavy atom. The van der Waals surface area contributed by atoms with E-state index in [9.17, 15) is 9.59 Å². The van der Waals surface area contributed by atoms with Gasteiger partial charge in [-0.3, -0.25) is 13.9 Å². The first-order chi connectivity index (χ1) is 15.1. The van der Waals surface area contributed by atoms with Gasteiger partial charge in [-0.05, 0) is 25.0 Å². The zero-order valence-electron chi connectivity index (χ0n) is 17.0. The molecule has 1 amide bonds. The maximum absolute atomic E-state index is 13.1. The lowest BCUT2D eigenvalue weighted by Crippen LogP contribution is -2.42.